The maximum atomic E-state index is 10.6. The zero-order valence-corrected chi connectivity index (χ0v) is 7.28. The molecule has 0 heterocycles. The second-order valence-electron chi connectivity index (χ2n) is 2.37. The maximum absolute atomic E-state index is 10.6. The Morgan fingerprint density at radius 2 is 2.00 bits per heavy atom. The highest BCUT2D eigenvalue weighted by atomic mass is 16.4. The van der Waals surface area contributed by atoms with Crippen LogP contribution in [0.4, 0.5) is 0 Å². The van der Waals surface area contributed by atoms with Gasteiger partial charge in [0.2, 0.25) is 0 Å². The number of aliphatic carboxylic acids is 1. The van der Waals surface area contributed by atoms with Crippen LogP contribution >= 0.6 is 0 Å². The van der Waals surface area contributed by atoms with Crippen molar-refractivity contribution in [3.8, 4) is 0 Å². The molecule has 0 fully saturated rings. The summed E-state index contributed by atoms with van der Waals surface area (Å²) < 4.78 is 0. The average Bonchev–Trinajstić information content (AvgIpc) is 2.03. The van der Waals surface area contributed by atoms with Crippen LogP contribution in [0.15, 0.2) is 36.1 Å². The SMILES string of the molecule is C=C(/C=C\C=C(/N)C(=O)O)C(C)=O. The molecule has 0 rings (SSSR count). The van der Waals surface area contributed by atoms with Crippen LogP contribution in [-0.2, 0) is 9.59 Å². The summed E-state index contributed by atoms with van der Waals surface area (Å²) in [6.07, 6.45) is 3.96. The summed E-state index contributed by atoms with van der Waals surface area (Å²) in [5.41, 5.74) is 5.09. The van der Waals surface area contributed by atoms with Crippen molar-refractivity contribution in [1.82, 2.24) is 0 Å². The zero-order chi connectivity index (χ0) is 10.4. The standard InChI is InChI=1S/C9H11NO3/c1-6(7(2)11)4-3-5-8(10)9(12)13/h3-5H,1,10H2,2H3,(H,12,13)/b4-3-,8-5-. The molecule has 0 radical (unpaired) electrons. The number of ketones is 1. The molecule has 0 aromatic heterocycles. The summed E-state index contributed by atoms with van der Waals surface area (Å²) in [5.74, 6) is -1.36. The van der Waals surface area contributed by atoms with E-state index in [1.165, 1.54) is 25.2 Å². The Hall–Kier alpha value is -1.84. The number of carbonyl (C=O) groups excluding carboxylic acids is 1. The molecule has 0 aliphatic heterocycles. The number of Topliss-reactive ketones (excluding diaryl/α,β-unsaturated/α-hetero) is 1. The van der Waals surface area contributed by atoms with Gasteiger partial charge in [-0.3, -0.25) is 4.79 Å². The lowest BCUT2D eigenvalue weighted by Gasteiger charge is -1.90. The first kappa shape index (κ1) is 11.2. The summed E-state index contributed by atoms with van der Waals surface area (Å²) in [7, 11) is 0. The third kappa shape index (κ3) is 4.58. The van der Waals surface area contributed by atoms with E-state index in [1.807, 2.05) is 0 Å². The van der Waals surface area contributed by atoms with Crippen molar-refractivity contribution >= 4 is 11.8 Å². The van der Waals surface area contributed by atoms with Crippen molar-refractivity contribution in [2.75, 3.05) is 0 Å². The lowest BCUT2D eigenvalue weighted by molar-refractivity contribution is -0.132. The van der Waals surface area contributed by atoms with E-state index in [0.717, 1.165) is 0 Å². The van der Waals surface area contributed by atoms with Gasteiger partial charge in [-0.2, -0.15) is 0 Å². The van der Waals surface area contributed by atoms with Gasteiger partial charge in [0.25, 0.3) is 0 Å². The van der Waals surface area contributed by atoms with Gasteiger partial charge in [0.05, 0.1) is 0 Å². The first-order chi connectivity index (χ1) is 5.95. The summed E-state index contributed by atoms with van der Waals surface area (Å²) in [5, 5.41) is 8.34. The normalized spacial score (nSPS) is 11.6. The summed E-state index contributed by atoms with van der Waals surface area (Å²) in [4.78, 5) is 20.8. The van der Waals surface area contributed by atoms with E-state index in [2.05, 4.69) is 6.58 Å². The minimum Gasteiger partial charge on any atom is -0.477 e. The third-order valence-electron chi connectivity index (χ3n) is 1.27. The van der Waals surface area contributed by atoms with E-state index in [9.17, 15) is 9.59 Å². The van der Waals surface area contributed by atoms with Crippen LogP contribution in [0.3, 0.4) is 0 Å². The van der Waals surface area contributed by atoms with Crippen molar-refractivity contribution in [2.24, 2.45) is 5.73 Å². The Balaban J connectivity index is 4.31. The van der Waals surface area contributed by atoms with E-state index in [4.69, 9.17) is 10.8 Å². The van der Waals surface area contributed by atoms with Crippen LogP contribution in [0.25, 0.3) is 0 Å². The quantitative estimate of drug-likeness (QED) is 0.492. The Labute approximate surface area is 76.0 Å². The van der Waals surface area contributed by atoms with Gasteiger partial charge in [-0.1, -0.05) is 18.7 Å². The van der Waals surface area contributed by atoms with Crippen molar-refractivity contribution in [2.45, 2.75) is 6.92 Å². The van der Waals surface area contributed by atoms with E-state index >= 15 is 0 Å². The molecule has 0 amide bonds. The number of rotatable bonds is 4. The molecular weight excluding hydrogens is 170 g/mol. The van der Waals surface area contributed by atoms with Gasteiger partial charge < -0.3 is 10.8 Å². The van der Waals surface area contributed by atoms with Gasteiger partial charge in [0.1, 0.15) is 5.70 Å². The largest absolute Gasteiger partial charge is 0.477 e. The highest BCUT2D eigenvalue weighted by Crippen LogP contribution is 1.95. The maximum Gasteiger partial charge on any atom is 0.351 e. The number of carboxylic acids is 1. The number of hydrogen-bond donors (Lipinski definition) is 2. The highest BCUT2D eigenvalue weighted by molar-refractivity contribution is 5.95. The number of carbonyl (C=O) groups is 2. The van der Waals surface area contributed by atoms with Crippen LogP contribution < -0.4 is 5.73 Å². The molecule has 0 aliphatic rings. The predicted molar refractivity (Wildman–Crippen MR) is 48.9 cm³/mol. The van der Waals surface area contributed by atoms with Crippen molar-refractivity contribution in [3.63, 3.8) is 0 Å². The van der Waals surface area contributed by atoms with Gasteiger partial charge in [0, 0.05) is 5.57 Å². The first-order valence-corrected chi connectivity index (χ1v) is 3.52. The molecule has 70 valence electrons. The molecule has 0 aromatic carbocycles. The molecule has 3 N–H and O–H groups in total. The Morgan fingerprint density at radius 3 is 2.38 bits per heavy atom. The first-order valence-electron chi connectivity index (χ1n) is 3.52. The fourth-order valence-corrected chi connectivity index (χ4v) is 0.457. The number of carboxylic acid groups (broad SMARTS) is 1. The van der Waals surface area contributed by atoms with Crippen LogP contribution in [0, 0.1) is 0 Å². The van der Waals surface area contributed by atoms with Crippen molar-refractivity contribution in [1.29, 1.82) is 0 Å². The molecule has 0 saturated carbocycles. The second-order valence-corrected chi connectivity index (χ2v) is 2.37. The van der Waals surface area contributed by atoms with Crippen LogP contribution in [0.2, 0.25) is 0 Å². The molecule has 13 heavy (non-hydrogen) atoms. The monoisotopic (exact) mass is 181 g/mol. The molecule has 0 bridgehead atoms. The van der Waals surface area contributed by atoms with Gasteiger partial charge in [-0.15, -0.1) is 0 Å². The van der Waals surface area contributed by atoms with Gasteiger partial charge in [-0.25, -0.2) is 4.79 Å². The molecule has 0 atom stereocenters. The van der Waals surface area contributed by atoms with E-state index in [0.29, 0.717) is 5.57 Å². The average molecular weight is 181 g/mol. The van der Waals surface area contributed by atoms with Crippen LogP contribution in [0.5, 0.6) is 0 Å². The molecule has 0 spiro atoms. The fraction of sp³-hybridized carbons (Fsp3) is 0.111. The molecule has 4 nitrogen and oxygen atoms in total. The van der Waals surface area contributed by atoms with Gasteiger partial charge >= 0.3 is 5.97 Å². The van der Waals surface area contributed by atoms with E-state index < -0.39 is 5.97 Å². The summed E-state index contributed by atoms with van der Waals surface area (Å²) in [6.45, 7) is 4.81. The molecule has 0 saturated heterocycles. The van der Waals surface area contributed by atoms with Gasteiger partial charge in [-0.05, 0) is 13.0 Å². The molecule has 0 aliphatic carbocycles. The van der Waals surface area contributed by atoms with Gasteiger partial charge in [0.15, 0.2) is 5.78 Å². The van der Waals surface area contributed by atoms with E-state index in [1.54, 1.807) is 0 Å². The minimum absolute atomic E-state index is 0.168. The van der Waals surface area contributed by atoms with Crippen molar-refractivity contribution < 1.29 is 14.7 Å². The molecular formula is C9H11NO3. The van der Waals surface area contributed by atoms with Crippen molar-refractivity contribution in [3.05, 3.63) is 36.1 Å². The Kier molecular flexibility index (Phi) is 4.23. The summed E-state index contributed by atoms with van der Waals surface area (Å²) in [6, 6.07) is 0. The Morgan fingerprint density at radius 1 is 1.46 bits per heavy atom. The van der Waals surface area contributed by atoms with E-state index in [-0.39, 0.29) is 11.5 Å². The molecule has 4 heteroatoms. The Bertz CT molecular complexity index is 300. The topological polar surface area (TPSA) is 80.4 Å². The summed E-state index contributed by atoms with van der Waals surface area (Å²) >= 11 is 0. The number of nitrogens with two attached hydrogens (primary N) is 1. The lowest BCUT2D eigenvalue weighted by atomic mass is 10.2. The molecule has 0 aromatic rings. The zero-order valence-electron chi connectivity index (χ0n) is 7.28. The highest BCUT2D eigenvalue weighted by Gasteiger charge is 1.97. The smallest absolute Gasteiger partial charge is 0.351 e. The molecule has 0 unspecified atom stereocenters. The number of allylic oxidation sites excluding steroid dienone is 4. The predicted octanol–water partition coefficient (Wildman–Crippen LogP) is 0.615. The van der Waals surface area contributed by atoms with Crippen LogP contribution in [-0.4, -0.2) is 16.9 Å². The van der Waals surface area contributed by atoms with Crippen LogP contribution in [0.1, 0.15) is 6.92 Å². The fourth-order valence-electron chi connectivity index (χ4n) is 0.457. The second kappa shape index (κ2) is 4.92. The minimum atomic E-state index is -1.20. The third-order valence-corrected chi connectivity index (χ3v) is 1.27. The lowest BCUT2D eigenvalue weighted by Crippen LogP contribution is -2.08. The number of hydrogen-bond acceptors (Lipinski definition) is 3.